The largest absolute Gasteiger partial charge is 0.439 e. The van der Waals surface area contributed by atoms with Crippen LogP contribution in [0.15, 0.2) is 54.6 Å². The lowest BCUT2D eigenvalue weighted by atomic mass is 10.1. The van der Waals surface area contributed by atoms with Crippen LogP contribution in [0.3, 0.4) is 0 Å². The van der Waals surface area contributed by atoms with E-state index in [-0.39, 0.29) is 16.9 Å². The molecule has 8 nitrogen and oxygen atoms in total. The van der Waals surface area contributed by atoms with Crippen LogP contribution in [0, 0.1) is 0 Å². The van der Waals surface area contributed by atoms with Crippen molar-refractivity contribution in [2.24, 2.45) is 0 Å². The minimum absolute atomic E-state index is 0.0750. The molecule has 10 heteroatoms. The van der Waals surface area contributed by atoms with Gasteiger partial charge in [-0.05, 0) is 63.4 Å². The Morgan fingerprint density at radius 3 is 2.00 bits per heavy atom. The van der Waals surface area contributed by atoms with Crippen molar-refractivity contribution >= 4 is 47.2 Å². The molecule has 0 unspecified atom stereocenters. The number of amides is 3. The molecule has 2 rings (SSSR count). The molecule has 33 heavy (non-hydrogen) atoms. The normalized spacial score (nSPS) is 10.8. The van der Waals surface area contributed by atoms with Gasteiger partial charge in [-0.1, -0.05) is 29.8 Å². The molecule has 0 N–H and O–H groups in total. The number of halogens is 1. The van der Waals surface area contributed by atoms with Crippen molar-refractivity contribution in [2.75, 3.05) is 18.8 Å². The average Bonchev–Trinajstić information content (AvgIpc) is 2.77. The summed E-state index contributed by atoms with van der Waals surface area (Å²) in [4.78, 5) is 51.4. The fourth-order valence-corrected chi connectivity index (χ4v) is 3.18. The summed E-state index contributed by atoms with van der Waals surface area (Å²) in [5.74, 6) is -1.92. The Hall–Kier alpha value is -3.04. The molecule has 0 saturated heterocycles. The molecule has 0 aliphatic rings. The van der Waals surface area contributed by atoms with Gasteiger partial charge < -0.3 is 9.47 Å². The van der Waals surface area contributed by atoms with Crippen LogP contribution in [0.4, 0.5) is 4.79 Å². The highest BCUT2D eigenvalue weighted by molar-refractivity contribution is 7.99. The summed E-state index contributed by atoms with van der Waals surface area (Å²) in [5, 5.41) is 2.03. The van der Waals surface area contributed by atoms with Crippen molar-refractivity contribution in [3.05, 3.63) is 70.7 Å². The fourth-order valence-electron chi connectivity index (χ4n) is 2.73. The minimum Gasteiger partial charge on any atom is -0.427 e. The number of hydrazine groups is 1. The van der Waals surface area contributed by atoms with Gasteiger partial charge in [0.2, 0.25) is 6.79 Å². The van der Waals surface area contributed by atoms with E-state index < -0.39 is 36.2 Å². The molecule has 0 aromatic heterocycles. The van der Waals surface area contributed by atoms with E-state index in [0.717, 1.165) is 5.01 Å². The van der Waals surface area contributed by atoms with Crippen LogP contribution in [0.25, 0.3) is 0 Å². The third-order valence-corrected chi connectivity index (χ3v) is 4.95. The first-order chi connectivity index (χ1) is 15.6. The van der Waals surface area contributed by atoms with E-state index in [1.54, 1.807) is 57.4 Å². The van der Waals surface area contributed by atoms with Crippen LogP contribution < -0.4 is 0 Å². The Balaban J connectivity index is 2.44. The molecule has 0 aliphatic carbocycles. The zero-order valence-electron chi connectivity index (χ0n) is 18.7. The number of thioether (sulfide) groups is 1. The average molecular weight is 493 g/mol. The maximum absolute atomic E-state index is 13.4. The van der Waals surface area contributed by atoms with Gasteiger partial charge in [0.15, 0.2) is 0 Å². The van der Waals surface area contributed by atoms with E-state index >= 15 is 0 Å². The highest BCUT2D eigenvalue weighted by Crippen LogP contribution is 2.24. The first kappa shape index (κ1) is 26.2. The van der Waals surface area contributed by atoms with Gasteiger partial charge in [-0.3, -0.25) is 14.4 Å². The number of hydrogen-bond acceptors (Lipinski definition) is 7. The van der Waals surface area contributed by atoms with E-state index in [9.17, 15) is 19.2 Å². The van der Waals surface area contributed by atoms with E-state index in [4.69, 9.17) is 21.1 Å². The zero-order chi connectivity index (χ0) is 24.6. The van der Waals surface area contributed by atoms with Gasteiger partial charge in [0.25, 0.3) is 11.8 Å². The Morgan fingerprint density at radius 2 is 1.45 bits per heavy atom. The van der Waals surface area contributed by atoms with Gasteiger partial charge in [-0.25, -0.2) is 9.80 Å². The van der Waals surface area contributed by atoms with Crippen molar-refractivity contribution in [3.63, 3.8) is 0 Å². The third-order valence-electron chi connectivity index (χ3n) is 4.17. The van der Waals surface area contributed by atoms with Gasteiger partial charge in [0.1, 0.15) is 0 Å². The lowest BCUT2D eigenvalue weighted by Gasteiger charge is -2.41. The summed E-state index contributed by atoms with van der Waals surface area (Å²) in [6.45, 7) is 4.30. The van der Waals surface area contributed by atoms with Crippen molar-refractivity contribution < 1.29 is 28.7 Å². The summed E-state index contributed by atoms with van der Waals surface area (Å²) in [7, 11) is 0. The number of ether oxygens (including phenoxy) is 2. The van der Waals surface area contributed by atoms with Crippen LogP contribution in [-0.2, 0) is 14.3 Å². The van der Waals surface area contributed by atoms with Crippen molar-refractivity contribution in [1.82, 2.24) is 10.0 Å². The van der Waals surface area contributed by atoms with E-state index in [2.05, 4.69) is 0 Å². The van der Waals surface area contributed by atoms with Crippen LogP contribution in [0.5, 0.6) is 0 Å². The first-order valence-electron chi connectivity index (χ1n) is 9.87. The lowest BCUT2D eigenvalue weighted by Crippen LogP contribution is -2.60. The monoisotopic (exact) mass is 492 g/mol. The number of carbonyl (C=O) groups is 4. The summed E-state index contributed by atoms with van der Waals surface area (Å²) >= 11 is 7.16. The standard InChI is InChI=1S/C23H25ClN2O6S/c1-23(2,3)26(21(29)16-8-6-5-7-9-16)25(20(28)17-10-12-18(24)13-11-17)22(30)32-15-31-19(27)14-33-4/h5-13H,14-15H2,1-4H3. The van der Waals surface area contributed by atoms with Gasteiger partial charge in [0.05, 0.1) is 11.3 Å². The molecule has 0 bridgehead atoms. The molecular formula is C23H25ClN2O6S. The maximum Gasteiger partial charge on any atom is 0.439 e. The molecule has 2 aromatic carbocycles. The molecule has 2 aromatic rings. The van der Waals surface area contributed by atoms with E-state index in [0.29, 0.717) is 10.0 Å². The third kappa shape index (κ3) is 7.23. The van der Waals surface area contributed by atoms with Crippen molar-refractivity contribution in [2.45, 2.75) is 26.3 Å². The highest BCUT2D eigenvalue weighted by Gasteiger charge is 2.41. The number of hydrogen-bond donors (Lipinski definition) is 0. The summed E-state index contributed by atoms with van der Waals surface area (Å²) in [6.07, 6.45) is 0.544. The van der Waals surface area contributed by atoms with E-state index in [1.807, 2.05) is 0 Å². The molecule has 0 saturated carbocycles. The number of imide groups is 1. The number of rotatable bonds is 6. The van der Waals surface area contributed by atoms with Gasteiger partial charge >= 0.3 is 12.1 Å². The van der Waals surface area contributed by atoms with Crippen LogP contribution in [0.1, 0.15) is 41.5 Å². The predicted molar refractivity (Wildman–Crippen MR) is 126 cm³/mol. The molecule has 3 amide bonds. The summed E-state index contributed by atoms with van der Waals surface area (Å²) in [6, 6.07) is 14.1. The smallest absolute Gasteiger partial charge is 0.427 e. The molecule has 0 aliphatic heterocycles. The second-order valence-corrected chi connectivity index (χ2v) is 9.06. The molecule has 0 heterocycles. The number of nitrogens with zero attached hydrogens (tertiary/aromatic N) is 2. The number of carbonyl (C=O) groups excluding carboxylic acids is 4. The Bertz CT molecular complexity index is 992. The molecule has 0 fully saturated rings. The molecule has 0 atom stereocenters. The molecular weight excluding hydrogens is 468 g/mol. The van der Waals surface area contributed by atoms with Crippen LogP contribution in [-0.4, -0.2) is 58.2 Å². The number of benzene rings is 2. The Labute approximate surface area is 201 Å². The first-order valence-corrected chi connectivity index (χ1v) is 11.6. The van der Waals surface area contributed by atoms with E-state index in [1.165, 1.54) is 36.0 Å². The van der Waals surface area contributed by atoms with Gasteiger partial charge in [-0.15, -0.1) is 5.01 Å². The topological polar surface area (TPSA) is 93.2 Å². The number of esters is 1. The SMILES string of the molecule is CSCC(=O)OCOC(=O)N(C(=O)c1ccc(Cl)cc1)N(C(=O)c1ccccc1)C(C)(C)C. The summed E-state index contributed by atoms with van der Waals surface area (Å²) in [5.41, 5.74) is -0.643. The lowest BCUT2D eigenvalue weighted by molar-refractivity contribution is -0.150. The minimum atomic E-state index is -1.17. The quantitative estimate of drug-likeness (QED) is 0.329. The van der Waals surface area contributed by atoms with Crippen molar-refractivity contribution in [3.8, 4) is 0 Å². The fraction of sp³-hybridized carbons (Fsp3) is 0.304. The van der Waals surface area contributed by atoms with Crippen LogP contribution in [0.2, 0.25) is 5.02 Å². The Morgan fingerprint density at radius 1 is 0.879 bits per heavy atom. The Kier molecular flexibility index (Phi) is 9.31. The maximum atomic E-state index is 13.4. The molecule has 0 spiro atoms. The summed E-state index contributed by atoms with van der Waals surface area (Å²) < 4.78 is 9.90. The van der Waals surface area contributed by atoms with Crippen LogP contribution >= 0.6 is 23.4 Å². The second-order valence-electron chi connectivity index (χ2n) is 7.76. The van der Waals surface area contributed by atoms with Gasteiger partial charge in [0, 0.05) is 16.1 Å². The second kappa shape index (κ2) is 11.7. The highest BCUT2D eigenvalue weighted by atomic mass is 35.5. The van der Waals surface area contributed by atoms with Gasteiger partial charge in [-0.2, -0.15) is 11.8 Å². The van der Waals surface area contributed by atoms with Crippen molar-refractivity contribution in [1.29, 1.82) is 0 Å². The zero-order valence-corrected chi connectivity index (χ0v) is 20.3. The molecule has 0 radical (unpaired) electrons. The predicted octanol–water partition coefficient (Wildman–Crippen LogP) is 4.64. The molecule has 176 valence electrons.